The van der Waals surface area contributed by atoms with E-state index >= 15 is 0 Å². The van der Waals surface area contributed by atoms with Crippen LogP contribution in [0.15, 0.2) is 34.2 Å². The number of carbonyl (C=O) groups excluding carboxylic acids is 1. The Kier molecular flexibility index (Phi) is 6.57. The van der Waals surface area contributed by atoms with Crippen molar-refractivity contribution < 1.29 is 9.53 Å². The average Bonchev–Trinajstić information content (AvgIpc) is 2.68. The van der Waals surface area contributed by atoms with Gasteiger partial charge in [0.15, 0.2) is 5.16 Å². The number of aromatic nitrogens is 2. The van der Waals surface area contributed by atoms with E-state index in [9.17, 15) is 9.59 Å². The number of amides is 1. The van der Waals surface area contributed by atoms with E-state index in [-0.39, 0.29) is 30.0 Å². The summed E-state index contributed by atoms with van der Waals surface area (Å²) in [6.07, 6.45) is 2.43. The maximum absolute atomic E-state index is 12.9. The summed E-state index contributed by atoms with van der Waals surface area (Å²) in [5, 5.41) is 0.598. The monoisotopic (exact) mass is 401 g/mol. The standard InChI is InChI=1S/C21H27N3O3S/c1-13-7-5-6-8-16(13)18-11-24(14(2)12-27-18)19(25)10-9-17-15(3)22-21(28-4)23-20(17)26/h5-8,14,18H,9-12H2,1-4H3,(H,22,23,26)/t14-,18-/m0/s1. The molecule has 0 unspecified atom stereocenters. The zero-order chi connectivity index (χ0) is 20.3. The number of thioether (sulfide) groups is 1. The molecule has 2 heterocycles. The van der Waals surface area contributed by atoms with Crippen LogP contribution in [0.2, 0.25) is 0 Å². The van der Waals surface area contributed by atoms with Crippen molar-refractivity contribution in [1.29, 1.82) is 0 Å². The van der Waals surface area contributed by atoms with Crippen LogP contribution in [0.5, 0.6) is 0 Å². The van der Waals surface area contributed by atoms with Crippen LogP contribution in [-0.2, 0) is 16.0 Å². The molecule has 150 valence electrons. The van der Waals surface area contributed by atoms with Gasteiger partial charge in [0.05, 0.1) is 19.2 Å². The number of hydrogen-bond acceptors (Lipinski definition) is 5. The van der Waals surface area contributed by atoms with Gasteiger partial charge in [-0.2, -0.15) is 0 Å². The van der Waals surface area contributed by atoms with Gasteiger partial charge in [-0.15, -0.1) is 0 Å². The van der Waals surface area contributed by atoms with E-state index in [0.717, 1.165) is 11.1 Å². The summed E-state index contributed by atoms with van der Waals surface area (Å²) in [7, 11) is 0. The molecule has 7 heteroatoms. The highest BCUT2D eigenvalue weighted by atomic mass is 32.2. The third-order valence-corrected chi connectivity index (χ3v) is 5.85. The molecule has 0 spiro atoms. The summed E-state index contributed by atoms with van der Waals surface area (Å²) < 4.78 is 6.00. The molecule has 1 aliphatic rings. The van der Waals surface area contributed by atoms with Crippen molar-refractivity contribution in [3.05, 3.63) is 57.0 Å². The number of nitrogens with zero attached hydrogens (tertiary/aromatic N) is 2. The Balaban J connectivity index is 1.70. The fourth-order valence-electron chi connectivity index (χ4n) is 3.59. The minimum atomic E-state index is -0.155. The number of aryl methyl sites for hydroxylation is 2. The number of aromatic amines is 1. The quantitative estimate of drug-likeness (QED) is 0.616. The van der Waals surface area contributed by atoms with Gasteiger partial charge in [0.1, 0.15) is 6.10 Å². The van der Waals surface area contributed by atoms with Crippen molar-refractivity contribution in [2.75, 3.05) is 19.4 Å². The van der Waals surface area contributed by atoms with Crippen LogP contribution in [0.4, 0.5) is 0 Å². The third-order valence-electron chi connectivity index (χ3n) is 5.27. The second-order valence-corrected chi connectivity index (χ2v) is 8.01. The molecule has 1 saturated heterocycles. The lowest BCUT2D eigenvalue weighted by Crippen LogP contribution is -2.48. The summed E-state index contributed by atoms with van der Waals surface area (Å²) in [5.41, 5.74) is 3.40. The second-order valence-electron chi connectivity index (χ2n) is 7.21. The minimum absolute atomic E-state index is 0.0177. The molecule has 2 aromatic rings. The van der Waals surface area contributed by atoms with Gasteiger partial charge in [0.25, 0.3) is 5.56 Å². The molecule has 1 fully saturated rings. The van der Waals surface area contributed by atoms with Crippen LogP contribution in [0.1, 0.15) is 41.8 Å². The first kappa shape index (κ1) is 20.6. The highest BCUT2D eigenvalue weighted by molar-refractivity contribution is 7.98. The topological polar surface area (TPSA) is 75.3 Å². The summed E-state index contributed by atoms with van der Waals surface area (Å²) in [6, 6.07) is 8.13. The smallest absolute Gasteiger partial charge is 0.254 e. The lowest BCUT2D eigenvalue weighted by Gasteiger charge is -2.38. The predicted octanol–water partition coefficient (Wildman–Crippen LogP) is 3.03. The molecule has 1 amide bonds. The first-order valence-corrected chi connectivity index (χ1v) is 10.7. The number of rotatable bonds is 5. The van der Waals surface area contributed by atoms with E-state index in [2.05, 4.69) is 29.0 Å². The number of morpholine rings is 1. The Morgan fingerprint density at radius 2 is 2.11 bits per heavy atom. The fraction of sp³-hybridized carbons (Fsp3) is 0.476. The SMILES string of the molecule is CSc1nc(C)c(CCC(=O)N2C[C@@H](c3ccccc3C)OC[C@@H]2C)c(=O)[nH]1. The van der Waals surface area contributed by atoms with E-state index in [4.69, 9.17) is 4.74 Å². The van der Waals surface area contributed by atoms with Gasteiger partial charge >= 0.3 is 0 Å². The van der Waals surface area contributed by atoms with Crippen molar-refractivity contribution in [1.82, 2.24) is 14.9 Å². The van der Waals surface area contributed by atoms with Gasteiger partial charge < -0.3 is 14.6 Å². The highest BCUT2D eigenvalue weighted by Crippen LogP contribution is 2.27. The van der Waals surface area contributed by atoms with E-state index in [1.807, 2.05) is 37.1 Å². The maximum Gasteiger partial charge on any atom is 0.254 e. The van der Waals surface area contributed by atoms with Gasteiger partial charge in [-0.25, -0.2) is 4.98 Å². The van der Waals surface area contributed by atoms with Crippen LogP contribution in [0.25, 0.3) is 0 Å². The van der Waals surface area contributed by atoms with Crippen LogP contribution >= 0.6 is 11.8 Å². The van der Waals surface area contributed by atoms with Crippen LogP contribution < -0.4 is 5.56 Å². The number of nitrogens with one attached hydrogen (secondary N) is 1. The van der Waals surface area contributed by atoms with E-state index in [0.29, 0.717) is 36.0 Å². The molecule has 3 rings (SSSR count). The summed E-state index contributed by atoms with van der Waals surface area (Å²) in [4.78, 5) is 34.2. The second kappa shape index (κ2) is 8.92. The third kappa shape index (κ3) is 4.47. The zero-order valence-corrected chi connectivity index (χ0v) is 17.6. The van der Waals surface area contributed by atoms with Crippen molar-refractivity contribution in [3.8, 4) is 0 Å². The number of ether oxygens (including phenoxy) is 1. The molecule has 0 radical (unpaired) electrons. The predicted molar refractivity (Wildman–Crippen MR) is 111 cm³/mol. The molecule has 6 nitrogen and oxygen atoms in total. The Hall–Kier alpha value is -2.12. The van der Waals surface area contributed by atoms with E-state index in [1.54, 1.807) is 0 Å². The van der Waals surface area contributed by atoms with E-state index < -0.39 is 0 Å². The fourth-order valence-corrected chi connectivity index (χ4v) is 4.01. The Morgan fingerprint density at radius 1 is 1.36 bits per heavy atom. The molecular formula is C21H27N3O3S. The highest BCUT2D eigenvalue weighted by Gasteiger charge is 2.31. The molecule has 1 aliphatic heterocycles. The summed E-state index contributed by atoms with van der Waals surface area (Å²) >= 11 is 1.40. The Morgan fingerprint density at radius 3 is 2.79 bits per heavy atom. The largest absolute Gasteiger partial charge is 0.370 e. The first-order chi connectivity index (χ1) is 13.4. The van der Waals surface area contributed by atoms with Gasteiger partial charge in [-0.05, 0) is 44.6 Å². The van der Waals surface area contributed by atoms with Crippen molar-refractivity contribution >= 4 is 17.7 Å². The van der Waals surface area contributed by atoms with Crippen molar-refractivity contribution in [2.24, 2.45) is 0 Å². The number of H-pyrrole nitrogens is 1. The molecule has 1 N–H and O–H groups in total. The van der Waals surface area contributed by atoms with Crippen LogP contribution in [-0.4, -0.2) is 46.2 Å². The molecule has 2 atom stereocenters. The molecule has 0 saturated carbocycles. The summed E-state index contributed by atoms with van der Waals surface area (Å²) in [5.74, 6) is 0.0436. The van der Waals surface area contributed by atoms with E-state index in [1.165, 1.54) is 11.8 Å². The molecule has 0 aliphatic carbocycles. The molecule has 1 aromatic heterocycles. The number of carbonyl (C=O) groups is 1. The normalized spacial score (nSPS) is 19.6. The summed E-state index contributed by atoms with van der Waals surface area (Å²) in [6.45, 7) is 6.92. The Labute approximate surface area is 169 Å². The van der Waals surface area contributed by atoms with Gasteiger partial charge in [0, 0.05) is 17.7 Å². The number of hydrogen-bond donors (Lipinski definition) is 1. The lowest BCUT2D eigenvalue weighted by atomic mass is 10.0. The van der Waals surface area contributed by atoms with Crippen LogP contribution in [0.3, 0.4) is 0 Å². The first-order valence-electron chi connectivity index (χ1n) is 9.51. The zero-order valence-electron chi connectivity index (χ0n) is 16.8. The van der Waals surface area contributed by atoms with Gasteiger partial charge in [0.2, 0.25) is 5.91 Å². The number of benzene rings is 1. The maximum atomic E-state index is 12.9. The van der Waals surface area contributed by atoms with Crippen molar-refractivity contribution in [3.63, 3.8) is 0 Å². The lowest BCUT2D eigenvalue weighted by molar-refractivity contribution is -0.144. The van der Waals surface area contributed by atoms with Crippen LogP contribution in [0, 0.1) is 13.8 Å². The minimum Gasteiger partial charge on any atom is -0.370 e. The molecule has 0 bridgehead atoms. The van der Waals surface area contributed by atoms with Gasteiger partial charge in [-0.1, -0.05) is 36.0 Å². The Bertz CT molecular complexity index is 912. The average molecular weight is 402 g/mol. The molecule has 1 aromatic carbocycles. The van der Waals surface area contributed by atoms with Gasteiger partial charge in [-0.3, -0.25) is 9.59 Å². The molecular weight excluding hydrogens is 374 g/mol. The molecule has 28 heavy (non-hydrogen) atoms. The van der Waals surface area contributed by atoms with Crippen molar-refractivity contribution in [2.45, 2.75) is 50.9 Å².